The van der Waals surface area contributed by atoms with Gasteiger partial charge < -0.3 is 15.2 Å². The SMILES string of the molecule is OCCCCCCC1COCCN1. The van der Waals surface area contributed by atoms with Crippen LogP contribution < -0.4 is 5.32 Å². The van der Waals surface area contributed by atoms with Gasteiger partial charge in [-0.3, -0.25) is 0 Å². The fourth-order valence-corrected chi connectivity index (χ4v) is 1.66. The summed E-state index contributed by atoms with van der Waals surface area (Å²) >= 11 is 0. The van der Waals surface area contributed by atoms with Gasteiger partial charge in [0.25, 0.3) is 0 Å². The lowest BCUT2D eigenvalue weighted by Gasteiger charge is -2.23. The van der Waals surface area contributed by atoms with Crippen molar-refractivity contribution >= 4 is 0 Å². The van der Waals surface area contributed by atoms with Crippen LogP contribution in [0.4, 0.5) is 0 Å². The average Bonchev–Trinajstić information content (AvgIpc) is 2.19. The van der Waals surface area contributed by atoms with Crippen molar-refractivity contribution in [1.82, 2.24) is 5.32 Å². The van der Waals surface area contributed by atoms with Crippen molar-refractivity contribution < 1.29 is 9.84 Å². The molecule has 0 aromatic rings. The van der Waals surface area contributed by atoms with E-state index in [1.54, 1.807) is 0 Å². The molecule has 1 saturated heterocycles. The van der Waals surface area contributed by atoms with Crippen molar-refractivity contribution in [3.05, 3.63) is 0 Å². The average molecular weight is 187 g/mol. The van der Waals surface area contributed by atoms with Crippen LogP contribution >= 0.6 is 0 Å². The van der Waals surface area contributed by atoms with E-state index < -0.39 is 0 Å². The summed E-state index contributed by atoms with van der Waals surface area (Å²) in [6.07, 6.45) is 5.81. The lowest BCUT2D eigenvalue weighted by Crippen LogP contribution is -2.41. The predicted octanol–water partition coefficient (Wildman–Crippen LogP) is 0.918. The maximum atomic E-state index is 8.58. The Bertz CT molecular complexity index is 113. The van der Waals surface area contributed by atoms with Crippen LogP contribution in [0, 0.1) is 0 Å². The van der Waals surface area contributed by atoms with Crippen LogP contribution in [-0.2, 0) is 4.74 Å². The summed E-state index contributed by atoms with van der Waals surface area (Å²) in [4.78, 5) is 0. The fraction of sp³-hybridized carbons (Fsp3) is 1.00. The third kappa shape index (κ3) is 5.24. The summed E-state index contributed by atoms with van der Waals surface area (Å²) in [5, 5.41) is 12.0. The Kier molecular flexibility index (Phi) is 6.15. The quantitative estimate of drug-likeness (QED) is 0.607. The lowest BCUT2D eigenvalue weighted by atomic mass is 10.1. The van der Waals surface area contributed by atoms with Crippen molar-refractivity contribution in [2.45, 2.75) is 38.1 Å². The molecule has 2 N–H and O–H groups in total. The minimum Gasteiger partial charge on any atom is -0.396 e. The van der Waals surface area contributed by atoms with Gasteiger partial charge in [-0.2, -0.15) is 0 Å². The van der Waals surface area contributed by atoms with Crippen LogP contribution in [0.15, 0.2) is 0 Å². The summed E-state index contributed by atoms with van der Waals surface area (Å²) in [5.74, 6) is 0. The maximum Gasteiger partial charge on any atom is 0.0620 e. The van der Waals surface area contributed by atoms with Gasteiger partial charge in [-0.1, -0.05) is 19.3 Å². The molecule has 3 nitrogen and oxygen atoms in total. The zero-order chi connectivity index (χ0) is 9.36. The first kappa shape index (κ1) is 11.0. The first-order chi connectivity index (χ1) is 6.43. The second-order valence-corrected chi connectivity index (χ2v) is 3.65. The summed E-state index contributed by atoms with van der Waals surface area (Å²) in [7, 11) is 0. The molecule has 1 rings (SSSR count). The van der Waals surface area contributed by atoms with Crippen molar-refractivity contribution in [3.8, 4) is 0 Å². The van der Waals surface area contributed by atoms with Gasteiger partial charge in [0.1, 0.15) is 0 Å². The highest BCUT2D eigenvalue weighted by molar-refractivity contribution is 4.69. The van der Waals surface area contributed by atoms with E-state index in [1.807, 2.05) is 0 Å². The number of unbranched alkanes of at least 4 members (excludes halogenated alkanes) is 3. The van der Waals surface area contributed by atoms with E-state index in [4.69, 9.17) is 9.84 Å². The second-order valence-electron chi connectivity index (χ2n) is 3.65. The van der Waals surface area contributed by atoms with Crippen molar-refractivity contribution in [3.63, 3.8) is 0 Å². The Morgan fingerprint density at radius 1 is 1.23 bits per heavy atom. The van der Waals surface area contributed by atoms with E-state index in [1.165, 1.54) is 19.3 Å². The zero-order valence-electron chi connectivity index (χ0n) is 8.30. The highest BCUT2D eigenvalue weighted by atomic mass is 16.5. The van der Waals surface area contributed by atoms with E-state index in [2.05, 4.69) is 5.32 Å². The lowest BCUT2D eigenvalue weighted by molar-refractivity contribution is 0.0733. The third-order valence-corrected chi connectivity index (χ3v) is 2.46. The first-order valence-electron chi connectivity index (χ1n) is 5.35. The molecule has 3 heteroatoms. The molecule has 78 valence electrons. The molecule has 0 aromatic heterocycles. The van der Waals surface area contributed by atoms with Gasteiger partial charge in [0.15, 0.2) is 0 Å². The molecule has 1 aliphatic heterocycles. The molecule has 1 aliphatic rings. The molecule has 0 amide bonds. The van der Waals surface area contributed by atoms with Gasteiger partial charge in [0.2, 0.25) is 0 Å². The molecule has 0 radical (unpaired) electrons. The second kappa shape index (κ2) is 7.30. The number of rotatable bonds is 6. The van der Waals surface area contributed by atoms with Crippen LogP contribution in [0.5, 0.6) is 0 Å². The van der Waals surface area contributed by atoms with Crippen molar-refractivity contribution in [2.24, 2.45) is 0 Å². The minimum absolute atomic E-state index is 0.338. The van der Waals surface area contributed by atoms with Gasteiger partial charge in [-0.25, -0.2) is 0 Å². The van der Waals surface area contributed by atoms with Crippen LogP contribution in [0.25, 0.3) is 0 Å². The van der Waals surface area contributed by atoms with Gasteiger partial charge in [0, 0.05) is 19.2 Å². The molecule has 1 unspecified atom stereocenters. The Morgan fingerprint density at radius 2 is 2.08 bits per heavy atom. The normalized spacial score (nSPS) is 23.3. The van der Waals surface area contributed by atoms with Crippen LogP contribution in [0.3, 0.4) is 0 Å². The van der Waals surface area contributed by atoms with E-state index in [0.717, 1.165) is 32.6 Å². The maximum absolute atomic E-state index is 8.58. The Morgan fingerprint density at radius 3 is 2.77 bits per heavy atom. The monoisotopic (exact) mass is 187 g/mol. The smallest absolute Gasteiger partial charge is 0.0620 e. The summed E-state index contributed by atoms with van der Waals surface area (Å²) < 4.78 is 5.36. The molecule has 13 heavy (non-hydrogen) atoms. The molecular formula is C10H21NO2. The number of hydrogen-bond donors (Lipinski definition) is 2. The van der Waals surface area contributed by atoms with Gasteiger partial charge in [0.05, 0.1) is 13.2 Å². The summed E-state index contributed by atoms with van der Waals surface area (Å²) in [6, 6.07) is 0.572. The van der Waals surface area contributed by atoms with E-state index >= 15 is 0 Å². The number of nitrogens with one attached hydrogen (secondary N) is 1. The number of aliphatic hydroxyl groups excluding tert-OH is 1. The van der Waals surface area contributed by atoms with Crippen molar-refractivity contribution in [1.29, 1.82) is 0 Å². The fourth-order valence-electron chi connectivity index (χ4n) is 1.66. The third-order valence-electron chi connectivity index (χ3n) is 2.46. The largest absolute Gasteiger partial charge is 0.396 e. The topological polar surface area (TPSA) is 41.5 Å². The summed E-state index contributed by atoms with van der Waals surface area (Å²) in [5.41, 5.74) is 0. The molecule has 0 spiro atoms. The Hall–Kier alpha value is -0.120. The Balaban J connectivity index is 1.86. The molecule has 1 heterocycles. The van der Waals surface area contributed by atoms with E-state index in [9.17, 15) is 0 Å². The minimum atomic E-state index is 0.338. The Labute approximate surface area is 80.5 Å². The van der Waals surface area contributed by atoms with E-state index in [0.29, 0.717) is 12.6 Å². The highest BCUT2D eigenvalue weighted by Gasteiger charge is 2.11. The molecule has 0 aliphatic carbocycles. The van der Waals surface area contributed by atoms with Gasteiger partial charge in [-0.05, 0) is 12.8 Å². The zero-order valence-corrected chi connectivity index (χ0v) is 8.30. The number of aliphatic hydroxyl groups is 1. The molecule has 1 fully saturated rings. The molecule has 0 bridgehead atoms. The number of morpholine rings is 1. The molecule has 1 atom stereocenters. The molecular weight excluding hydrogens is 166 g/mol. The van der Waals surface area contributed by atoms with E-state index in [-0.39, 0.29) is 0 Å². The van der Waals surface area contributed by atoms with Crippen LogP contribution in [0.2, 0.25) is 0 Å². The van der Waals surface area contributed by atoms with Gasteiger partial charge in [-0.15, -0.1) is 0 Å². The summed E-state index contributed by atoms with van der Waals surface area (Å²) in [6.45, 7) is 3.08. The van der Waals surface area contributed by atoms with Crippen LogP contribution in [-0.4, -0.2) is 37.5 Å². The van der Waals surface area contributed by atoms with Crippen LogP contribution in [0.1, 0.15) is 32.1 Å². The first-order valence-corrected chi connectivity index (χ1v) is 5.35. The van der Waals surface area contributed by atoms with Gasteiger partial charge >= 0.3 is 0 Å². The number of ether oxygens (including phenoxy) is 1. The molecule has 0 saturated carbocycles. The highest BCUT2D eigenvalue weighted by Crippen LogP contribution is 2.07. The number of hydrogen-bond acceptors (Lipinski definition) is 3. The predicted molar refractivity (Wildman–Crippen MR) is 52.8 cm³/mol. The van der Waals surface area contributed by atoms with Crippen molar-refractivity contribution in [2.75, 3.05) is 26.4 Å². The molecule has 0 aromatic carbocycles. The standard InChI is InChI=1S/C10H21NO2/c12-7-4-2-1-3-5-10-9-13-8-6-11-10/h10-12H,1-9H2.